The molecule has 0 bridgehead atoms. The number of rotatable bonds is 5. The van der Waals surface area contributed by atoms with Crippen molar-refractivity contribution in [3.05, 3.63) is 0 Å². The SMILES string of the molecule is CSCCC(=O)NC(=O)C(C)SC. The Kier molecular flexibility index (Phi) is 7.17. The Hall–Kier alpha value is -0.160. The van der Waals surface area contributed by atoms with Gasteiger partial charge >= 0.3 is 0 Å². The predicted octanol–water partition coefficient (Wildman–Crippen LogP) is 1.13. The summed E-state index contributed by atoms with van der Waals surface area (Å²) in [4.78, 5) is 22.3. The van der Waals surface area contributed by atoms with Crippen LogP contribution in [0.3, 0.4) is 0 Å². The van der Waals surface area contributed by atoms with Crippen LogP contribution < -0.4 is 5.32 Å². The summed E-state index contributed by atoms with van der Waals surface area (Å²) < 4.78 is 0. The van der Waals surface area contributed by atoms with Gasteiger partial charge in [0.25, 0.3) is 0 Å². The summed E-state index contributed by atoms with van der Waals surface area (Å²) in [6, 6.07) is 0. The fourth-order valence-electron chi connectivity index (χ4n) is 0.603. The molecule has 0 rings (SSSR count). The van der Waals surface area contributed by atoms with Crippen LogP contribution in [0.1, 0.15) is 13.3 Å². The molecule has 0 aromatic heterocycles. The first kappa shape index (κ1) is 12.8. The molecule has 5 heteroatoms. The average molecular weight is 221 g/mol. The lowest BCUT2D eigenvalue weighted by atomic mass is 10.4. The minimum atomic E-state index is -0.196. The first-order valence-electron chi connectivity index (χ1n) is 3.97. The highest BCUT2D eigenvalue weighted by Gasteiger charge is 2.13. The highest BCUT2D eigenvalue weighted by molar-refractivity contribution is 7.99. The highest BCUT2D eigenvalue weighted by Crippen LogP contribution is 2.04. The first-order chi connectivity index (χ1) is 6.11. The molecule has 0 fully saturated rings. The van der Waals surface area contributed by atoms with E-state index < -0.39 is 0 Å². The summed E-state index contributed by atoms with van der Waals surface area (Å²) in [6.45, 7) is 1.78. The summed E-state index contributed by atoms with van der Waals surface area (Å²) in [7, 11) is 0. The van der Waals surface area contributed by atoms with Gasteiger partial charge < -0.3 is 0 Å². The van der Waals surface area contributed by atoms with E-state index in [9.17, 15) is 9.59 Å². The number of amides is 2. The van der Waals surface area contributed by atoms with Gasteiger partial charge in [-0.05, 0) is 19.4 Å². The molecule has 2 amide bonds. The highest BCUT2D eigenvalue weighted by atomic mass is 32.2. The molecule has 1 atom stereocenters. The first-order valence-corrected chi connectivity index (χ1v) is 6.65. The summed E-state index contributed by atoms with van der Waals surface area (Å²) in [5.41, 5.74) is 0. The Morgan fingerprint density at radius 3 is 2.46 bits per heavy atom. The molecule has 0 aliphatic rings. The molecule has 1 unspecified atom stereocenters. The molecule has 0 aromatic carbocycles. The molecule has 3 nitrogen and oxygen atoms in total. The van der Waals surface area contributed by atoms with Crippen LogP contribution in [0.5, 0.6) is 0 Å². The van der Waals surface area contributed by atoms with Crippen LogP contribution >= 0.6 is 23.5 Å². The standard InChI is InChI=1S/C8H15NO2S2/c1-6(13-3)8(11)9-7(10)4-5-12-2/h6H,4-5H2,1-3H3,(H,9,10,11). The molecule has 76 valence electrons. The molecule has 0 spiro atoms. The summed E-state index contributed by atoms with van der Waals surface area (Å²) >= 11 is 3.02. The number of hydrogen-bond donors (Lipinski definition) is 1. The van der Waals surface area contributed by atoms with Crippen molar-refractivity contribution in [1.29, 1.82) is 0 Å². The van der Waals surface area contributed by atoms with E-state index >= 15 is 0 Å². The fraction of sp³-hybridized carbons (Fsp3) is 0.750. The lowest BCUT2D eigenvalue weighted by molar-refractivity contribution is -0.129. The smallest absolute Gasteiger partial charge is 0.239 e. The maximum Gasteiger partial charge on any atom is 0.239 e. The van der Waals surface area contributed by atoms with E-state index in [-0.39, 0.29) is 17.1 Å². The van der Waals surface area contributed by atoms with Crippen LogP contribution in [-0.2, 0) is 9.59 Å². The van der Waals surface area contributed by atoms with Crippen LogP contribution in [0.15, 0.2) is 0 Å². The monoisotopic (exact) mass is 221 g/mol. The third kappa shape index (κ3) is 5.99. The van der Waals surface area contributed by atoms with Gasteiger partial charge in [0, 0.05) is 12.2 Å². The molecular formula is C8H15NO2S2. The van der Waals surface area contributed by atoms with Crippen molar-refractivity contribution < 1.29 is 9.59 Å². The zero-order valence-electron chi connectivity index (χ0n) is 8.12. The third-order valence-corrected chi connectivity index (χ3v) is 3.05. The van der Waals surface area contributed by atoms with Crippen LogP contribution in [0.25, 0.3) is 0 Å². The summed E-state index contributed by atoms with van der Waals surface area (Å²) in [5.74, 6) is 0.381. The Morgan fingerprint density at radius 1 is 1.38 bits per heavy atom. The van der Waals surface area contributed by atoms with Crippen LogP contribution in [0.2, 0.25) is 0 Å². The number of carbonyl (C=O) groups excluding carboxylic acids is 2. The lowest BCUT2D eigenvalue weighted by Crippen LogP contribution is -2.36. The Bertz CT molecular complexity index is 185. The zero-order valence-corrected chi connectivity index (χ0v) is 9.76. The van der Waals surface area contributed by atoms with Crippen molar-refractivity contribution in [2.24, 2.45) is 0 Å². The molecule has 0 aliphatic carbocycles. The van der Waals surface area contributed by atoms with Gasteiger partial charge in [-0.25, -0.2) is 0 Å². The molecule has 13 heavy (non-hydrogen) atoms. The molecular weight excluding hydrogens is 206 g/mol. The molecule has 0 heterocycles. The van der Waals surface area contributed by atoms with Gasteiger partial charge in [-0.3, -0.25) is 14.9 Å². The predicted molar refractivity (Wildman–Crippen MR) is 59.1 cm³/mol. The van der Waals surface area contributed by atoms with E-state index in [2.05, 4.69) is 5.32 Å². The number of nitrogens with one attached hydrogen (secondary N) is 1. The molecule has 0 saturated carbocycles. The number of thioether (sulfide) groups is 2. The Morgan fingerprint density at radius 2 is 2.00 bits per heavy atom. The Balaban J connectivity index is 3.71. The van der Waals surface area contributed by atoms with E-state index in [0.717, 1.165) is 5.75 Å². The molecule has 0 aliphatic heterocycles. The van der Waals surface area contributed by atoms with E-state index in [0.29, 0.717) is 6.42 Å². The minimum Gasteiger partial charge on any atom is -0.295 e. The van der Waals surface area contributed by atoms with Gasteiger partial charge in [-0.15, -0.1) is 0 Å². The van der Waals surface area contributed by atoms with Crippen molar-refractivity contribution in [2.75, 3.05) is 18.3 Å². The maximum absolute atomic E-state index is 11.2. The van der Waals surface area contributed by atoms with Gasteiger partial charge in [-0.2, -0.15) is 23.5 Å². The van der Waals surface area contributed by atoms with E-state index in [4.69, 9.17) is 0 Å². The van der Waals surface area contributed by atoms with Crippen LogP contribution in [0.4, 0.5) is 0 Å². The number of imide groups is 1. The van der Waals surface area contributed by atoms with Crippen molar-refractivity contribution >= 4 is 35.3 Å². The van der Waals surface area contributed by atoms with E-state index in [1.54, 1.807) is 18.7 Å². The second kappa shape index (κ2) is 7.26. The van der Waals surface area contributed by atoms with Crippen molar-refractivity contribution in [1.82, 2.24) is 5.32 Å². The number of carbonyl (C=O) groups is 2. The lowest BCUT2D eigenvalue weighted by Gasteiger charge is -2.07. The van der Waals surface area contributed by atoms with Crippen molar-refractivity contribution in [3.63, 3.8) is 0 Å². The molecule has 0 aromatic rings. The van der Waals surface area contributed by atoms with Crippen molar-refractivity contribution in [3.8, 4) is 0 Å². The average Bonchev–Trinajstić information content (AvgIpc) is 2.13. The quantitative estimate of drug-likeness (QED) is 0.756. The van der Waals surface area contributed by atoms with E-state index in [1.165, 1.54) is 11.8 Å². The second-order valence-corrected chi connectivity index (χ2v) is 4.70. The maximum atomic E-state index is 11.2. The minimum absolute atomic E-state index is 0.154. The molecule has 0 saturated heterocycles. The molecule has 1 N–H and O–H groups in total. The zero-order chi connectivity index (χ0) is 10.3. The van der Waals surface area contributed by atoms with Gasteiger partial charge in [0.2, 0.25) is 11.8 Å². The summed E-state index contributed by atoms with van der Waals surface area (Å²) in [6.07, 6.45) is 4.18. The van der Waals surface area contributed by atoms with Gasteiger partial charge in [0.1, 0.15) is 0 Å². The van der Waals surface area contributed by atoms with Gasteiger partial charge in [-0.1, -0.05) is 0 Å². The fourth-order valence-corrected chi connectivity index (χ4v) is 1.27. The third-order valence-electron chi connectivity index (χ3n) is 1.52. The summed E-state index contributed by atoms with van der Waals surface area (Å²) in [5, 5.41) is 2.20. The topological polar surface area (TPSA) is 46.2 Å². The van der Waals surface area contributed by atoms with Crippen molar-refractivity contribution in [2.45, 2.75) is 18.6 Å². The largest absolute Gasteiger partial charge is 0.295 e. The normalized spacial score (nSPS) is 12.2. The second-order valence-electron chi connectivity index (χ2n) is 2.53. The van der Waals surface area contributed by atoms with Crippen LogP contribution in [0, 0.1) is 0 Å². The Labute approximate surface area is 87.4 Å². The van der Waals surface area contributed by atoms with E-state index in [1.807, 2.05) is 12.5 Å². The van der Waals surface area contributed by atoms with Crippen LogP contribution in [-0.4, -0.2) is 35.3 Å². The molecule has 0 radical (unpaired) electrons. The number of hydrogen-bond acceptors (Lipinski definition) is 4. The van der Waals surface area contributed by atoms with Gasteiger partial charge in [0.05, 0.1) is 5.25 Å². The van der Waals surface area contributed by atoms with Gasteiger partial charge in [0.15, 0.2) is 0 Å².